The van der Waals surface area contributed by atoms with Crippen LogP contribution in [-0.2, 0) is 9.84 Å². The largest absolute Gasteiger partial charge is 0.337 e. The van der Waals surface area contributed by atoms with Crippen LogP contribution in [0.2, 0.25) is 0 Å². The topological polar surface area (TPSA) is 120 Å². The molecule has 0 aromatic carbocycles. The maximum Gasteiger partial charge on any atom is 0.325 e. The minimum atomic E-state index is -3.38. The Hall–Kier alpha value is -2.20. The third-order valence-corrected chi connectivity index (χ3v) is 7.18. The summed E-state index contributed by atoms with van der Waals surface area (Å²) < 4.78 is 24.9. The second kappa shape index (κ2) is 6.36. The van der Waals surface area contributed by atoms with Crippen LogP contribution in [0, 0.1) is 0 Å². The van der Waals surface area contributed by atoms with Crippen molar-refractivity contribution < 1.29 is 13.2 Å². The van der Waals surface area contributed by atoms with Crippen molar-refractivity contribution in [2.24, 2.45) is 0 Å². The van der Waals surface area contributed by atoms with Gasteiger partial charge >= 0.3 is 5.69 Å². The summed E-state index contributed by atoms with van der Waals surface area (Å²) in [6.07, 6.45) is 1.33. The third-order valence-electron chi connectivity index (χ3n) is 3.94. The molecule has 2 N–H and O–H groups in total. The highest BCUT2D eigenvalue weighted by molar-refractivity contribution is 7.91. The molecule has 128 valence electrons. The van der Waals surface area contributed by atoms with Crippen molar-refractivity contribution >= 4 is 27.1 Å². The van der Waals surface area contributed by atoms with Gasteiger partial charge in [0.1, 0.15) is 5.56 Å². The molecule has 10 heteroatoms. The van der Waals surface area contributed by atoms with E-state index < -0.39 is 32.2 Å². The highest BCUT2D eigenvalue weighted by Crippen LogP contribution is 2.32. The molecule has 1 atom stereocenters. The van der Waals surface area contributed by atoms with E-state index in [4.69, 9.17) is 0 Å². The van der Waals surface area contributed by atoms with Gasteiger partial charge in [0, 0.05) is 24.2 Å². The highest BCUT2D eigenvalue weighted by atomic mass is 32.2. The number of aromatic amines is 2. The molecule has 8 nitrogen and oxygen atoms in total. The molecule has 1 amide bonds. The summed E-state index contributed by atoms with van der Waals surface area (Å²) in [5, 5.41) is 1.18. The molecule has 1 aliphatic rings. The number of hydrogen-bond acceptors (Lipinski definition) is 6. The summed E-state index contributed by atoms with van der Waals surface area (Å²) in [6.45, 7) is 0.237. The number of thiophene rings is 1. The van der Waals surface area contributed by atoms with Crippen molar-refractivity contribution in [2.75, 3.05) is 18.8 Å². The number of amides is 1. The van der Waals surface area contributed by atoms with E-state index in [1.54, 1.807) is 12.1 Å². The van der Waals surface area contributed by atoms with Crippen molar-refractivity contribution in [3.8, 4) is 0 Å². The van der Waals surface area contributed by atoms with E-state index in [0.717, 1.165) is 11.1 Å². The van der Waals surface area contributed by atoms with E-state index in [0.29, 0.717) is 0 Å². The Morgan fingerprint density at radius 2 is 2.08 bits per heavy atom. The van der Waals surface area contributed by atoms with Gasteiger partial charge in [-0.3, -0.25) is 14.6 Å². The first-order valence-corrected chi connectivity index (χ1v) is 9.84. The Bertz CT molecular complexity index is 959. The molecule has 1 aliphatic heterocycles. The summed E-state index contributed by atoms with van der Waals surface area (Å²) in [5.74, 6) is -0.753. The second-order valence-corrected chi connectivity index (χ2v) is 8.72. The standard InChI is InChI=1S/C14H15N3O5S2/c18-12-9(8-15-14(20)16-12)13(19)17-4-3-11(10-2-1-6-23-10)24(21,22)7-5-17/h1-2,6,8,11H,3-5,7H2,(H2,15,16,18,20). The van der Waals surface area contributed by atoms with Crippen LogP contribution in [-0.4, -0.2) is 48.0 Å². The van der Waals surface area contributed by atoms with Crippen molar-refractivity contribution in [1.82, 2.24) is 14.9 Å². The van der Waals surface area contributed by atoms with Gasteiger partial charge in [-0.25, -0.2) is 13.2 Å². The first-order valence-electron chi connectivity index (χ1n) is 7.25. The number of carbonyl (C=O) groups excluding carboxylic acids is 1. The molecule has 1 saturated heterocycles. The Morgan fingerprint density at radius 1 is 1.29 bits per heavy atom. The monoisotopic (exact) mass is 369 g/mol. The summed E-state index contributed by atoms with van der Waals surface area (Å²) in [6, 6.07) is 3.57. The number of aromatic nitrogens is 2. The maximum atomic E-state index is 12.5. The third kappa shape index (κ3) is 3.20. The Kier molecular flexibility index (Phi) is 4.41. The molecule has 2 aromatic rings. The van der Waals surface area contributed by atoms with Crippen LogP contribution in [0.1, 0.15) is 26.9 Å². The normalized spacial score (nSPS) is 20.5. The quantitative estimate of drug-likeness (QED) is 0.779. The molecule has 3 heterocycles. The summed E-state index contributed by atoms with van der Waals surface area (Å²) in [4.78, 5) is 41.6. The second-order valence-electron chi connectivity index (χ2n) is 5.44. The predicted molar refractivity (Wildman–Crippen MR) is 89.1 cm³/mol. The first kappa shape index (κ1) is 16.7. The molecular formula is C14H15N3O5S2. The van der Waals surface area contributed by atoms with Gasteiger partial charge in [0.2, 0.25) is 0 Å². The minimum absolute atomic E-state index is 0.0155. The zero-order valence-corrected chi connectivity index (χ0v) is 14.2. The van der Waals surface area contributed by atoms with E-state index in [-0.39, 0.29) is 30.8 Å². The fourth-order valence-corrected chi connectivity index (χ4v) is 5.68. The van der Waals surface area contributed by atoms with Crippen molar-refractivity contribution in [2.45, 2.75) is 11.7 Å². The lowest BCUT2D eigenvalue weighted by atomic mass is 10.2. The lowest BCUT2D eigenvalue weighted by molar-refractivity contribution is 0.0764. The summed E-state index contributed by atoms with van der Waals surface area (Å²) in [5.41, 5.74) is -1.69. The van der Waals surface area contributed by atoms with Gasteiger partial charge in [-0.15, -0.1) is 11.3 Å². The lowest BCUT2D eigenvalue weighted by Crippen LogP contribution is -2.38. The average molecular weight is 369 g/mol. The van der Waals surface area contributed by atoms with Crippen molar-refractivity contribution in [3.05, 3.63) is 55.0 Å². The molecule has 0 aliphatic carbocycles. The van der Waals surface area contributed by atoms with E-state index in [2.05, 4.69) is 4.98 Å². The maximum absolute atomic E-state index is 12.5. The van der Waals surface area contributed by atoms with Gasteiger partial charge in [-0.1, -0.05) is 6.07 Å². The summed E-state index contributed by atoms with van der Waals surface area (Å²) in [7, 11) is -3.38. The number of nitrogens with zero attached hydrogens (tertiary/aromatic N) is 1. The number of hydrogen-bond donors (Lipinski definition) is 2. The Balaban J connectivity index is 1.86. The van der Waals surface area contributed by atoms with E-state index >= 15 is 0 Å². The summed E-state index contributed by atoms with van der Waals surface area (Å²) >= 11 is 1.37. The molecule has 24 heavy (non-hydrogen) atoms. The van der Waals surface area contributed by atoms with Crippen molar-refractivity contribution in [3.63, 3.8) is 0 Å². The first-order chi connectivity index (χ1) is 11.4. The van der Waals surface area contributed by atoms with Crippen LogP contribution >= 0.6 is 11.3 Å². The minimum Gasteiger partial charge on any atom is -0.337 e. The fraction of sp³-hybridized carbons (Fsp3) is 0.357. The number of rotatable bonds is 2. The Labute approximate surface area is 141 Å². The number of H-pyrrole nitrogens is 2. The van der Waals surface area contributed by atoms with Gasteiger partial charge in [0.05, 0.1) is 11.0 Å². The number of sulfone groups is 1. The van der Waals surface area contributed by atoms with Crippen LogP contribution in [0.3, 0.4) is 0 Å². The number of nitrogens with one attached hydrogen (secondary N) is 2. The molecule has 1 fully saturated rings. The van der Waals surface area contributed by atoms with Gasteiger partial charge in [-0.2, -0.15) is 0 Å². The molecule has 0 bridgehead atoms. The molecule has 0 radical (unpaired) electrons. The number of carbonyl (C=O) groups is 1. The van der Waals surface area contributed by atoms with Gasteiger partial charge < -0.3 is 9.88 Å². The molecular weight excluding hydrogens is 354 g/mol. The Morgan fingerprint density at radius 3 is 2.75 bits per heavy atom. The fourth-order valence-electron chi connectivity index (χ4n) is 2.68. The predicted octanol–water partition coefficient (Wildman–Crippen LogP) is 0.127. The zero-order chi connectivity index (χ0) is 17.3. The average Bonchev–Trinajstić information content (AvgIpc) is 2.98. The molecule has 0 saturated carbocycles. The molecule has 3 rings (SSSR count). The van der Waals surface area contributed by atoms with Crippen molar-refractivity contribution in [1.29, 1.82) is 0 Å². The van der Waals surface area contributed by atoms with E-state index in [1.807, 2.05) is 10.4 Å². The van der Waals surface area contributed by atoms with E-state index in [1.165, 1.54) is 16.2 Å². The van der Waals surface area contributed by atoms with Crippen LogP contribution in [0.4, 0.5) is 0 Å². The van der Waals surface area contributed by atoms with Gasteiger partial charge in [-0.05, 0) is 17.9 Å². The molecule has 0 spiro atoms. The van der Waals surface area contributed by atoms with Crippen LogP contribution in [0.5, 0.6) is 0 Å². The zero-order valence-electron chi connectivity index (χ0n) is 12.5. The van der Waals surface area contributed by atoms with Crippen LogP contribution < -0.4 is 11.2 Å². The molecule has 1 unspecified atom stereocenters. The van der Waals surface area contributed by atoms with Crippen LogP contribution in [0.15, 0.2) is 33.3 Å². The van der Waals surface area contributed by atoms with E-state index in [9.17, 15) is 22.8 Å². The highest BCUT2D eigenvalue weighted by Gasteiger charge is 2.33. The molecule has 2 aromatic heterocycles. The van der Waals surface area contributed by atoms with Gasteiger partial charge in [0.15, 0.2) is 9.84 Å². The van der Waals surface area contributed by atoms with Crippen LogP contribution in [0.25, 0.3) is 0 Å². The van der Waals surface area contributed by atoms with Gasteiger partial charge in [0.25, 0.3) is 11.5 Å². The lowest BCUT2D eigenvalue weighted by Gasteiger charge is -2.19. The SMILES string of the molecule is O=C(c1c[nH]c(=O)[nH]c1=O)N1CCC(c2cccs2)S(=O)(=O)CC1. The smallest absolute Gasteiger partial charge is 0.325 e.